The molecule has 1 saturated heterocycles. The monoisotopic (exact) mass is 599 g/mol. The van der Waals surface area contributed by atoms with Crippen molar-refractivity contribution >= 4 is 12.2 Å². The molecule has 0 unspecified atom stereocenters. The van der Waals surface area contributed by atoms with E-state index in [1.165, 1.54) is 30.0 Å². The molecule has 2 N–H and O–H groups in total. The number of aromatic nitrogens is 2. The first-order valence-electron chi connectivity index (χ1n) is 14.8. The maximum atomic E-state index is 15.0. The van der Waals surface area contributed by atoms with Crippen molar-refractivity contribution in [2.24, 2.45) is 5.41 Å². The summed E-state index contributed by atoms with van der Waals surface area (Å²) in [6, 6.07) is 7.67. The number of rotatable bonds is 8. The molecule has 0 bridgehead atoms. The first kappa shape index (κ1) is 35.6. The van der Waals surface area contributed by atoms with E-state index in [-0.39, 0.29) is 24.6 Å². The number of hydrogen-bond acceptors (Lipinski definition) is 6. The number of nitrogens with zero attached hydrogens (tertiary/aromatic N) is 3. The van der Waals surface area contributed by atoms with E-state index in [0.717, 1.165) is 61.3 Å². The molecule has 236 valence electrons. The molecule has 0 aliphatic carbocycles. The Morgan fingerprint density at radius 2 is 1.65 bits per heavy atom. The molecule has 0 spiro atoms. The zero-order valence-electron chi connectivity index (χ0n) is 26.6. The molecule has 1 aliphatic heterocycles. The van der Waals surface area contributed by atoms with Crippen LogP contribution in [0.2, 0.25) is 0 Å². The number of piperidine rings is 1. The van der Waals surface area contributed by atoms with Gasteiger partial charge in [-0.05, 0) is 75.1 Å². The molecule has 2 aromatic heterocycles. The summed E-state index contributed by atoms with van der Waals surface area (Å²) >= 11 is 0. The lowest BCUT2D eigenvalue weighted by atomic mass is 9.82. The standard InChI is InChI=1S/C28H33F2N3O.C5H12O.CH2O2/c1-5-22-19(2)31-17-23(27(22)33-13-11-28(3,4)12-14-33)25-16-24(30)26(18-32-25)34-15-10-20-6-8-21(29)9-7-20;1-4-5(2,3)6;2-1-3/h6-9,16-18H,5,10-15H2,1-4H3;6H,4H2,1-3H3;1H,(H,2,3). The van der Waals surface area contributed by atoms with Gasteiger partial charge in [-0.3, -0.25) is 14.8 Å². The summed E-state index contributed by atoms with van der Waals surface area (Å²) in [5, 5.41) is 15.7. The Bertz CT molecular complexity index is 1300. The van der Waals surface area contributed by atoms with Gasteiger partial charge in [-0.1, -0.05) is 39.8 Å². The van der Waals surface area contributed by atoms with Crippen LogP contribution in [-0.2, 0) is 17.6 Å². The number of aryl methyl sites for hydroxylation is 1. The zero-order valence-corrected chi connectivity index (χ0v) is 26.6. The fourth-order valence-corrected chi connectivity index (χ4v) is 4.54. The molecule has 1 fully saturated rings. The van der Waals surface area contributed by atoms with Crippen molar-refractivity contribution in [3.63, 3.8) is 0 Å². The lowest BCUT2D eigenvalue weighted by Crippen LogP contribution is -2.38. The second-order valence-electron chi connectivity index (χ2n) is 12.1. The van der Waals surface area contributed by atoms with Crippen LogP contribution in [0.5, 0.6) is 5.75 Å². The van der Waals surface area contributed by atoms with Gasteiger partial charge in [-0.15, -0.1) is 0 Å². The fourth-order valence-electron chi connectivity index (χ4n) is 4.54. The van der Waals surface area contributed by atoms with Gasteiger partial charge < -0.3 is 19.8 Å². The van der Waals surface area contributed by atoms with Crippen LogP contribution in [0.1, 0.15) is 77.6 Å². The minimum Gasteiger partial charge on any atom is -0.489 e. The summed E-state index contributed by atoms with van der Waals surface area (Å²) in [6.07, 6.45) is 7.73. The molecule has 3 aromatic rings. The van der Waals surface area contributed by atoms with Crippen LogP contribution in [0.3, 0.4) is 0 Å². The van der Waals surface area contributed by atoms with E-state index in [0.29, 0.717) is 17.5 Å². The molecular weight excluding hydrogens is 552 g/mol. The average Bonchev–Trinajstić information content (AvgIpc) is 2.95. The predicted molar refractivity (Wildman–Crippen MR) is 168 cm³/mol. The van der Waals surface area contributed by atoms with Crippen LogP contribution in [0, 0.1) is 24.0 Å². The Balaban J connectivity index is 0.000000630. The Morgan fingerprint density at radius 3 is 2.16 bits per heavy atom. The highest BCUT2D eigenvalue weighted by Crippen LogP contribution is 2.39. The number of benzene rings is 1. The molecule has 0 radical (unpaired) electrons. The molecular formula is C34H47F2N3O4. The predicted octanol–water partition coefficient (Wildman–Crippen LogP) is 7.41. The smallest absolute Gasteiger partial charge is 0.290 e. The number of aliphatic hydroxyl groups is 1. The third kappa shape index (κ3) is 11.2. The lowest BCUT2D eigenvalue weighted by Gasteiger charge is -2.40. The fraction of sp³-hybridized carbons (Fsp3) is 0.500. The third-order valence-corrected chi connectivity index (χ3v) is 7.67. The Kier molecular flexibility index (Phi) is 13.5. The summed E-state index contributed by atoms with van der Waals surface area (Å²) < 4.78 is 33.7. The van der Waals surface area contributed by atoms with E-state index in [4.69, 9.17) is 19.7 Å². The highest BCUT2D eigenvalue weighted by atomic mass is 19.1. The van der Waals surface area contributed by atoms with Crippen molar-refractivity contribution in [2.75, 3.05) is 24.6 Å². The first-order chi connectivity index (χ1) is 20.2. The van der Waals surface area contributed by atoms with Crippen molar-refractivity contribution in [2.45, 2.75) is 86.2 Å². The van der Waals surface area contributed by atoms with E-state index >= 15 is 4.39 Å². The largest absolute Gasteiger partial charge is 0.489 e. The molecule has 9 heteroatoms. The number of carboxylic acid groups (broad SMARTS) is 1. The lowest BCUT2D eigenvalue weighted by molar-refractivity contribution is -0.122. The maximum absolute atomic E-state index is 15.0. The number of halogens is 2. The number of anilines is 1. The molecule has 1 aliphatic rings. The highest BCUT2D eigenvalue weighted by molar-refractivity contribution is 5.79. The Labute approximate surface area is 255 Å². The topological polar surface area (TPSA) is 95.8 Å². The number of pyridine rings is 2. The molecule has 0 atom stereocenters. The second-order valence-corrected chi connectivity index (χ2v) is 12.1. The van der Waals surface area contributed by atoms with Crippen molar-refractivity contribution in [3.8, 4) is 17.0 Å². The minimum absolute atomic E-state index is 0.114. The molecule has 7 nitrogen and oxygen atoms in total. The molecule has 43 heavy (non-hydrogen) atoms. The van der Waals surface area contributed by atoms with E-state index in [9.17, 15) is 4.39 Å². The van der Waals surface area contributed by atoms with Gasteiger partial charge in [-0.2, -0.15) is 0 Å². The van der Waals surface area contributed by atoms with E-state index in [1.54, 1.807) is 26.0 Å². The van der Waals surface area contributed by atoms with Gasteiger partial charge in [0.1, 0.15) is 5.82 Å². The van der Waals surface area contributed by atoms with Gasteiger partial charge in [0.2, 0.25) is 0 Å². The Hall–Kier alpha value is -3.59. The summed E-state index contributed by atoms with van der Waals surface area (Å²) in [5.41, 5.74) is 5.55. The maximum Gasteiger partial charge on any atom is 0.290 e. The second kappa shape index (κ2) is 16.3. The summed E-state index contributed by atoms with van der Waals surface area (Å²) in [4.78, 5) is 19.9. The Morgan fingerprint density at radius 1 is 1.07 bits per heavy atom. The van der Waals surface area contributed by atoms with E-state index < -0.39 is 11.4 Å². The molecule has 0 saturated carbocycles. The normalized spacial score (nSPS) is 14.1. The van der Waals surface area contributed by atoms with Gasteiger partial charge in [0.25, 0.3) is 6.47 Å². The van der Waals surface area contributed by atoms with Crippen molar-refractivity contribution < 1.29 is 28.5 Å². The van der Waals surface area contributed by atoms with Crippen LogP contribution >= 0.6 is 0 Å². The van der Waals surface area contributed by atoms with Crippen LogP contribution in [-0.4, -0.2) is 52.0 Å². The SMILES string of the molecule is CCC(C)(C)O.CCc1c(C)ncc(-c2cc(F)c(OCCc3ccc(F)cc3)cn2)c1N1CCC(C)(C)CC1.O=CO. The number of ether oxygens (including phenoxy) is 1. The molecule has 3 heterocycles. The first-order valence-corrected chi connectivity index (χ1v) is 14.8. The minimum atomic E-state index is -0.458. The van der Waals surface area contributed by atoms with Gasteiger partial charge in [0.15, 0.2) is 11.6 Å². The van der Waals surface area contributed by atoms with E-state index in [1.807, 2.05) is 20.0 Å². The highest BCUT2D eigenvalue weighted by Gasteiger charge is 2.29. The van der Waals surface area contributed by atoms with Gasteiger partial charge in [-0.25, -0.2) is 8.78 Å². The van der Waals surface area contributed by atoms with Crippen LogP contribution in [0.15, 0.2) is 42.7 Å². The zero-order chi connectivity index (χ0) is 32.2. The molecule has 0 amide bonds. The average molecular weight is 600 g/mol. The van der Waals surface area contributed by atoms with Crippen LogP contribution in [0.4, 0.5) is 14.5 Å². The number of hydrogen-bond donors (Lipinski definition) is 2. The van der Waals surface area contributed by atoms with Crippen LogP contribution in [0.25, 0.3) is 11.3 Å². The summed E-state index contributed by atoms with van der Waals surface area (Å²) in [5.74, 6) is -0.615. The third-order valence-electron chi connectivity index (χ3n) is 7.67. The van der Waals surface area contributed by atoms with E-state index in [2.05, 4.69) is 35.6 Å². The molecule has 4 rings (SSSR count). The summed E-state index contributed by atoms with van der Waals surface area (Å²) in [6.45, 7) is 16.3. The number of carbonyl (C=O) groups is 1. The van der Waals surface area contributed by atoms with Gasteiger partial charge in [0, 0.05) is 43.0 Å². The summed E-state index contributed by atoms with van der Waals surface area (Å²) in [7, 11) is 0. The van der Waals surface area contributed by atoms with Gasteiger partial charge >= 0.3 is 0 Å². The molecule has 1 aromatic carbocycles. The van der Waals surface area contributed by atoms with Crippen molar-refractivity contribution in [3.05, 3.63) is 71.2 Å². The van der Waals surface area contributed by atoms with Crippen molar-refractivity contribution in [1.29, 1.82) is 0 Å². The van der Waals surface area contributed by atoms with Gasteiger partial charge in [0.05, 0.1) is 29.8 Å². The van der Waals surface area contributed by atoms with Crippen molar-refractivity contribution in [1.82, 2.24) is 9.97 Å². The van der Waals surface area contributed by atoms with Crippen LogP contribution < -0.4 is 9.64 Å². The quantitative estimate of drug-likeness (QED) is 0.260.